The second-order valence-corrected chi connectivity index (χ2v) is 9.73. The number of aromatic nitrogens is 4. The smallest absolute Gasteiger partial charge is 0.233 e. The molecular weight excluding hydrogens is 422 g/mol. The third kappa shape index (κ3) is 5.61. The van der Waals surface area contributed by atoms with Gasteiger partial charge < -0.3 is 9.47 Å². The van der Waals surface area contributed by atoms with E-state index >= 15 is 0 Å². The SMILES string of the molecule is C=C(C)CN(CC)C(=O)CSc1nnc(CSc2nc3ccccc3s2)n1CC. The number of thioether (sulfide) groups is 2. The maximum Gasteiger partial charge on any atom is 0.233 e. The molecule has 1 amide bonds. The van der Waals surface area contributed by atoms with Crippen LogP contribution in [0, 0.1) is 0 Å². The van der Waals surface area contributed by atoms with E-state index in [1.165, 1.54) is 16.5 Å². The van der Waals surface area contributed by atoms with E-state index < -0.39 is 0 Å². The zero-order chi connectivity index (χ0) is 20.8. The minimum absolute atomic E-state index is 0.0940. The Balaban J connectivity index is 1.62. The lowest BCUT2D eigenvalue weighted by Crippen LogP contribution is -2.33. The van der Waals surface area contributed by atoms with Crippen molar-refractivity contribution in [2.45, 2.75) is 42.6 Å². The van der Waals surface area contributed by atoms with E-state index in [-0.39, 0.29) is 5.91 Å². The van der Waals surface area contributed by atoms with Gasteiger partial charge in [0.05, 0.1) is 21.7 Å². The quantitative estimate of drug-likeness (QED) is 0.331. The number of likely N-dealkylation sites (N-methyl/N-ethyl adjacent to an activating group) is 1. The number of rotatable bonds is 10. The van der Waals surface area contributed by atoms with E-state index in [2.05, 4.69) is 39.3 Å². The monoisotopic (exact) mass is 447 g/mol. The molecule has 2 heterocycles. The lowest BCUT2D eigenvalue weighted by Gasteiger charge is -2.20. The number of carbonyl (C=O) groups is 1. The summed E-state index contributed by atoms with van der Waals surface area (Å²) < 4.78 is 4.30. The van der Waals surface area contributed by atoms with E-state index in [0.717, 1.165) is 33.0 Å². The normalized spacial score (nSPS) is 11.1. The molecule has 0 atom stereocenters. The molecule has 29 heavy (non-hydrogen) atoms. The van der Waals surface area contributed by atoms with E-state index in [1.54, 1.807) is 23.1 Å². The Hall–Kier alpha value is -1.84. The molecule has 0 spiro atoms. The Kier molecular flexibility index (Phi) is 7.74. The van der Waals surface area contributed by atoms with Crippen molar-refractivity contribution < 1.29 is 4.79 Å². The van der Waals surface area contributed by atoms with E-state index in [1.807, 2.05) is 36.9 Å². The van der Waals surface area contributed by atoms with Crippen LogP contribution >= 0.6 is 34.9 Å². The standard InChI is InChI=1S/C20H25N5OS3/c1-5-24(11-14(3)4)18(26)13-27-19-23-22-17(25(19)6-2)12-28-20-21-15-9-7-8-10-16(15)29-20/h7-10H,3,5-6,11-13H2,1-2,4H3. The highest BCUT2D eigenvalue weighted by Crippen LogP contribution is 2.31. The zero-order valence-electron chi connectivity index (χ0n) is 16.9. The minimum Gasteiger partial charge on any atom is -0.338 e. The van der Waals surface area contributed by atoms with Gasteiger partial charge in [-0.25, -0.2) is 4.98 Å². The van der Waals surface area contributed by atoms with Crippen LogP contribution in [0.15, 0.2) is 45.9 Å². The van der Waals surface area contributed by atoms with E-state index in [0.29, 0.717) is 24.6 Å². The lowest BCUT2D eigenvalue weighted by atomic mass is 10.3. The number of fused-ring (bicyclic) bond motifs is 1. The fourth-order valence-corrected chi connectivity index (χ4v) is 5.74. The number of thiazole rings is 1. The molecule has 0 aliphatic rings. The molecule has 0 unspecified atom stereocenters. The number of amides is 1. The number of carbonyl (C=O) groups excluding carboxylic acids is 1. The van der Waals surface area contributed by atoms with Crippen LogP contribution in [0.4, 0.5) is 0 Å². The van der Waals surface area contributed by atoms with Gasteiger partial charge in [-0.1, -0.05) is 47.8 Å². The Morgan fingerprint density at radius 1 is 1.24 bits per heavy atom. The molecule has 3 aromatic rings. The molecular formula is C20H25N5OS3. The first kappa shape index (κ1) is 21.9. The van der Waals surface area contributed by atoms with E-state index in [9.17, 15) is 4.79 Å². The van der Waals surface area contributed by atoms with Gasteiger partial charge in [0.2, 0.25) is 5.91 Å². The summed E-state index contributed by atoms with van der Waals surface area (Å²) in [5, 5.41) is 9.46. The van der Waals surface area contributed by atoms with Crippen molar-refractivity contribution in [1.82, 2.24) is 24.6 Å². The number of hydrogen-bond donors (Lipinski definition) is 0. The summed E-state index contributed by atoms with van der Waals surface area (Å²) >= 11 is 4.81. The molecule has 0 bridgehead atoms. The highest BCUT2D eigenvalue weighted by Gasteiger charge is 2.17. The molecule has 9 heteroatoms. The second kappa shape index (κ2) is 10.3. The Labute approximate surface area is 183 Å². The third-order valence-electron chi connectivity index (χ3n) is 4.23. The van der Waals surface area contributed by atoms with E-state index in [4.69, 9.17) is 0 Å². The largest absolute Gasteiger partial charge is 0.338 e. The van der Waals surface area contributed by atoms with Gasteiger partial charge in [0.15, 0.2) is 9.50 Å². The van der Waals surface area contributed by atoms with Crippen molar-refractivity contribution >= 4 is 51.0 Å². The van der Waals surface area contributed by atoms with Crippen LogP contribution in [0.3, 0.4) is 0 Å². The van der Waals surface area contributed by atoms with Crippen LogP contribution in [0.2, 0.25) is 0 Å². The molecule has 0 N–H and O–H groups in total. The van der Waals surface area contributed by atoms with Gasteiger partial charge in [-0.15, -0.1) is 21.5 Å². The summed E-state index contributed by atoms with van der Waals surface area (Å²) in [6, 6.07) is 8.16. The molecule has 3 rings (SSSR count). The number of nitrogens with zero attached hydrogens (tertiary/aromatic N) is 5. The average molecular weight is 448 g/mol. The summed E-state index contributed by atoms with van der Waals surface area (Å²) in [6.07, 6.45) is 0. The number of hydrogen-bond acceptors (Lipinski definition) is 7. The van der Waals surface area contributed by atoms with Crippen LogP contribution < -0.4 is 0 Å². The number of para-hydroxylation sites is 1. The average Bonchev–Trinajstić information content (AvgIpc) is 3.31. The Bertz CT molecular complexity index is 964. The van der Waals surface area contributed by atoms with Gasteiger partial charge in [-0.3, -0.25) is 4.79 Å². The van der Waals surface area contributed by atoms with Crippen molar-refractivity contribution in [3.05, 3.63) is 42.2 Å². The lowest BCUT2D eigenvalue weighted by molar-refractivity contribution is -0.127. The number of benzene rings is 1. The molecule has 1 aromatic carbocycles. The Morgan fingerprint density at radius 2 is 2.03 bits per heavy atom. The maximum absolute atomic E-state index is 12.5. The first-order valence-electron chi connectivity index (χ1n) is 9.47. The van der Waals surface area contributed by atoms with Gasteiger partial charge in [0.1, 0.15) is 5.82 Å². The molecule has 0 saturated heterocycles. The third-order valence-corrected chi connectivity index (χ3v) is 7.36. The van der Waals surface area contributed by atoms with Crippen LogP contribution in [0.1, 0.15) is 26.6 Å². The maximum atomic E-state index is 12.5. The van der Waals surface area contributed by atoms with Gasteiger partial charge in [0, 0.05) is 19.6 Å². The molecule has 154 valence electrons. The first-order valence-corrected chi connectivity index (χ1v) is 12.3. The summed E-state index contributed by atoms with van der Waals surface area (Å²) in [5.74, 6) is 2.05. The molecule has 2 aromatic heterocycles. The van der Waals surface area contributed by atoms with Gasteiger partial charge >= 0.3 is 0 Å². The fourth-order valence-electron chi connectivity index (χ4n) is 2.81. The van der Waals surface area contributed by atoms with Crippen molar-refractivity contribution in [2.75, 3.05) is 18.8 Å². The molecule has 0 saturated carbocycles. The van der Waals surface area contributed by atoms with Crippen molar-refractivity contribution in [3.8, 4) is 0 Å². The molecule has 6 nitrogen and oxygen atoms in total. The van der Waals surface area contributed by atoms with Gasteiger partial charge in [0.25, 0.3) is 0 Å². The van der Waals surface area contributed by atoms with Crippen LogP contribution in [0.5, 0.6) is 0 Å². The van der Waals surface area contributed by atoms with Gasteiger partial charge in [-0.2, -0.15) is 0 Å². The van der Waals surface area contributed by atoms with Crippen molar-refractivity contribution in [1.29, 1.82) is 0 Å². The van der Waals surface area contributed by atoms with Gasteiger partial charge in [-0.05, 0) is 32.9 Å². The molecule has 0 fully saturated rings. The van der Waals surface area contributed by atoms with Crippen molar-refractivity contribution in [3.63, 3.8) is 0 Å². The Morgan fingerprint density at radius 3 is 2.72 bits per heavy atom. The summed E-state index contributed by atoms with van der Waals surface area (Å²) in [5.41, 5.74) is 2.01. The molecule has 0 aliphatic carbocycles. The first-order chi connectivity index (χ1) is 14.0. The second-order valence-electron chi connectivity index (χ2n) is 6.53. The highest BCUT2D eigenvalue weighted by atomic mass is 32.2. The molecule has 0 aliphatic heterocycles. The van der Waals surface area contributed by atoms with Crippen molar-refractivity contribution in [2.24, 2.45) is 0 Å². The summed E-state index contributed by atoms with van der Waals surface area (Å²) in [7, 11) is 0. The summed E-state index contributed by atoms with van der Waals surface area (Å²) in [6.45, 7) is 11.9. The topological polar surface area (TPSA) is 63.9 Å². The van der Waals surface area contributed by atoms with Crippen LogP contribution in [-0.4, -0.2) is 49.4 Å². The van der Waals surface area contributed by atoms with Crippen LogP contribution in [-0.2, 0) is 17.1 Å². The minimum atomic E-state index is 0.0940. The zero-order valence-corrected chi connectivity index (χ0v) is 19.4. The fraction of sp³-hybridized carbons (Fsp3) is 0.400. The summed E-state index contributed by atoms with van der Waals surface area (Å²) in [4.78, 5) is 19.0. The predicted molar refractivity (Wildman–Crippen MR) is 123 cm³/mol. The highest BCUT2D eigenvalue weighted by molar-refractivity contribution is 8.00. The predicted octanol–water partition coefficient (Wildman–Crippen LogP) is 4.72. The molecule has 0 radical (unpaired) electrons. The van der Waals surface area contributed by atoms with Crippen LogP contribution in [0.25, 0.3) is 10.2 Å².